The van der Waals surface area contributed by atoms with Crippen LogP contribution in [0.1, 0.15) is 40.1 Å². The van der Waals surface area contributed by atoms with E-state index in [2.05, 4.69) is 5.32 Å². The first-order valence-corrected chi connectivity index (χ1v) is 7.20. The summed E-state index contributed by atoms with van der Waals surface area (Å²) in [4.78, 5) is 12.2. The molecule has 116 valence electrons. The fourth-order valence-electron chi connectivity index (χ4n) is 2.20. The molecule has 0 fully saturated rings. The molecular formula is C18H20FNO2. The molecular weight excluding hydrogens is 281 g/mol. The lowest BCUT2D eigenvalue weighted by Gasteiger charge is -2.21. The SMILES string of the molecule is Cc1ccc(C(=O)NC(C)C(O)c2ccc(F)cc2)cc1C. The van der Waals surface area contributed by atoms with Gasteiger partial charge >= 0.3 is 0 Å². The number of aliphatic hydroxyl groups is 1. The molecule has 0 aromatic heterocycles. The van der Waals surface area contributed by atoms with Crippen LogP contribution in [-0.4, -0.2) is 17.1 Å². The molecule has 0 aliphatic heterocycles. The summed E-state index contributed by atoms with van der Waals surface area (Å²) in [7, 11) is 0. The van der Waals surface area contributed by atoms with Gasteiger partial charge in [0.25, 0.3) is 5.91 Å². The zero-order chi connectivity index (χ0) is 16.3. The van der Waals surface area contributed by atoms with Crippen molar-refractivity contribution in [1.29, 1.82) is 0 Å². The van der Waals surface area contributed by atoms with E-state index in [1.807, 2.05) is 26.0 Å². The second kappa shape index (κ2) is 6.71. The lowest BCUT2D eigenvalue weighted by Crippen LogP contribution is -2.37. The molecule has 2 unspecified atom stereocenters. The molecule has 0 saturated carbocycles. The maximum atomic E-state index is 12.9. The number of hydrogen-bond acceptors (Lipinski definition) is 2. The molecule has 2 atom stereocenters. The fraction of sp³-hybridized carbons (Fsp3) is 0.278. The van der Waals surface area contributed by atoms with Gasteiger partial charge in [0, 0.05) is 5.56 Å². The Bertz CT molecular complexity index is 667. The Morgan fingerprint density at radius 3 is 2.32 bits per heavy atom. The molecule has 0 heterocycles. The van der Waals surface area contributed by atoms with Gasteiger partial charge < -0.3 is 10.4 Å². The molecule has 2 rings (SSSR count). The fourth-order valence-corrected chi connectivity index (χ4v) is 2.20. The van der Waals surface area contributed by atoms with Crippen LogP contribution in [0.25, 0.3) is 0 Å². The maximum Gasteiger partial charge on any atom is 0.251 e. The third kappa shape index (κ3) is 3.71. The van der Waals surface area contributed by atoms with Crippen LogP contribution in [0.2, 0.25) is 0 Å². The van der Waals surface area contributed by atoms with E-state index >= 15 is 0 Å². The first-order chi connectivity index (χ1) is 10.4. The minimum absolute atomic E-state index is 0.239. The molecule has 3 nitrogen and oxygen atoms in total. The highest BCUT2D eigenvalue weighted by atomic mass is 19.1. The van der Waals surface area contributed by atoms with Gasteiger partial charge in [0.1, 0.15) is 5.82 Å². The van der Waals surface area contributed by atoms with Gasteiger partial charge in [-0.3, -0.25) is 4.79 Å². The number of nitrogens with one attached hydrogen (secondary N) is 1. The second-order valence-corrected chi connectivity index (χ2v) is 5.56. The number of hydrogen-bond donors (Lipinski definition) is 2. The zero-order valence-corrected chi connectivity index (χ0v) is 12.9. The summed E-state index contributed by atoms with van der Waals surface area (Å²) >= 11 is 0. The van der Waals surface area contributed by atoms with Crippen LogP contribution in [0.4, 0.5) is 4.39 Å². The number of carbonyl (C=O) groups excluding carboxylic acids is 1. The number of aliphatic hydroxyl groups excluding tert-OH is 1. The largest absolute Gasteiger partial charge is 0.386 e. The van der Waals surface area contributed by atoms with E-state index in [9.17, 15) is 14.3 Å². The van der Waals surface area contributed by atoms with E-state index < -0.39 is 12.1 Å². The molecule has 2 aromatic carbocycles. The predicted octanol–water partition coefficient (Wildman–Crippen LogP) is 3.29. The van der Waals surface area contributed by atoms with Crippen molar-refractivity contribution in [1.82, 2.24) is 5.32 Å². The molecule has 0 aliphatic rings. The van der Waals surface area contributed by atoms with Crippen LogP contribution in [0.3, 0.4) is 0 Å². The molecule has 2 N–H and O–H groups in total. The number of benzene rings is 2. The Morgan fingerprint density at radius 2 is 1.73 bits per heavy atom. The van der Waals surface area contributed by atoms with Crippen LogP contribution in [-0.2, 0) is 0 Å². The molecule has 0 spiro atoms. The average molecular weight is 301 g/mol. The molecule has 22 heavy (non-hydrogen) atoms. The summed E-state index contributed by atoms with van der Waals surface area (Å²) in [6.07, 6.45) is -0.893. The van der Waals surface area contributed by atoms with E-state index in [-0.39, 0.29) is 11.7 Å². The monoisotopic (exact) mass is 301 g/mol. The van der Waals surface area contributed by atoms with E-state index in [1.165, 1.54) is 24.3 Å². The van der Waals surface area contributed by atoms with E-state index in [1.54, 1.807) is 13.0 Å². The summed E-state index contributed by atoms with van der Waals surface area (Å²) in [5.74, 6) is -0.598. The van der Waals surface area contributed by atoms with Crippen molar-refractivity contribution >= 4 is 5.91 Å². The van der Waals surface area contributed by atoms with Crippen molar-refractivity contribution in [2.75, 3.05) is 0 Å². The van der Waals surface area contributed by atoms with Crippen LogP contribution >= 0.6 is 0 Å². The Labute approximate surface area is 129 Å². The standard InChI is InChI=1S/C18H20FNO2/c1-11-4-5-15(10-12(11)2)18(22)20-13(3)17(21)14-6-8-16(19)9-7-14/h4-10,13,17,21H,1-3H3,(H,20,22). The third-order valence-electron chi connectivity index (χ3n) is 3.81. The van der Waals surface area contributed by atoms with Gasteiger partial charge in [0.2, 0.25) is 0 Å². The summed E-state index contributed by atoms with van der Waals surface area (Å²) < 4.78 is 12.9. The van der Waals surface area contributed by atoms with E-state index in [0.717, 1.165) is 11.1 Å². The van der Waals surface area contributed by atoms with Gasteiger partial charge in [0.05, 0.1) is 12.1 Å². The minimum Gasteiger partial charge on any atom is -0.386 e. The van der Waals surface area contributed by atoms with Crippen molar-refractivity contribution in [3.63, 3.8) is 0 Å². The van der Waals surface area contributed by atoms with Crippen molar-refractivity contribution in [2.24, 2.45) is 0 Å². The quantitative estimate of drug-likeness (QED) is 0.910. The topological polar surface area (TPSA) is 49.3 Å². The average Bonchev–Trinajstić information content (AvgIpc) is 2.50. The molecule has 0 radical (unpaired) electrons. The smallest absolute Gasteiger partial charge is 0.251 e. The summed E-state index contributed by atoms with van der Waals surface area (Å²) in [5.41, 5.74) is 3.28. The van der Waals surface area contributed by atoms with Crippen LogP contribution < -0.4 is 5.32 Å². The van der Waals surface area contributed by atoms with Gasteiger partial charge in [-0.2, -0.15) is 0 Å². The van der Waals surface area contributed by atoms with Gasteiger partial charge in [-0.05, 0) is 61.7 Å². The molecule has 0 bridgehead atoms. The first kappa shape index (κ1) is 16.2. The predicted molar refractivity (Wildman–Crippen MR) is 84.2 cm³/mol. The number of aryl methyl sites for hydroxylation is 2. The Kier molecular flexibility index (Phi) is 4.93. The summed E-state index contributed by atoms with van der Waals surface area (Å²) in [5, 5.41) is 13.0. The maximum absolute atomic E-state index is 12.9. The van der Waals surface area contributed by atoms with Crippen molar-refractivity contribution < 1.29 is 14.3 Å². The van der Waals surface area contributed by atoms with Gasteiger partial charge in [-0.15, -0.1) is 0 Å². The van der Waals surface area contributed by atoms with Gasteiger partial charge in [-0.25, -0.2) is 4.39 Å². The zero-order valence-electron chi connectivity index (χ0n) is 12.9. The molecule has 4 heteroatoms. The number of amides is 1. The normalized spacial score (nSPS) is 13.5. The highest BCUT2D eigenvalue weighted by Gasteiger charge is 2.19. The molecule has 0 aliphatic carbocycles. The Morgan fingerprint density at radius 1 is 1.09 bits per heavy atom. The summed E-state index contributed by atoms with van der Waals surface area (Å²) in [6.45, 7) is 5.65. The highest BCUT2D eigenvalue weighted by Crippen LogP contribution is 2.18. The summed E-state index contributed by atoms with van der Waals surface area (Å²) in [6, 6.07) is 10.6. The first-order valence-electron chi connectivity index (χ1n) is 7.20. The van der Waals surface area contributed by atoms with Crippen LogP contribution in [0.5, 0.6) is 0 Å². The number of rotatable bonds is 4. The lowest BCUT2D eigenvalue weighted by molar-refractivity contribution is 0.0852. The van der Waals surface area contributed by atoms with E-state index in [4.69, 9.17) is 0 Å². The molecule has 2 aromatic rings. The van der Waals surface area contributed by atoms with Crippen LogP contribution in [0, 0.1) is 19.7 Å². The van der Waals surface area contributed by atoms with Gasteiger partial charge in [0.15, 0.2) is 0 Å². The molecule has 0 saturated heterocycles. The Hall–Kier alpha value is -2.20. The lowest BCUT2D eigenvalue weighted by atomic mass is 10.0. The minimum atomic E-state index is -0.893. The third-order valence-corrected chi connectivity index (χ3v) is 3.81. The van der Waals surface area contributed by atoms with E-state index in [0.29, 0.717) is 11.1 Å². The molecule has 1 amide bonds. The van der Waals surface area contributed by atoms with Crippen molar-refractivity contribution in [2.45, 2.75) is 32.9 Å². The highest BCUT2D eigenvalue weighted by molar-refractivity contribution is 5.94. The van der Waals surface area contributed by atoms with Crippen molar-refractivity contribution in [3.05, 3.63) is 70.5 Å². The van der Waals surface area contributed by atoms with Gasteiger partial charge in [-0.1, -0.05) is 18.2 Å². The number of halogens is 1. The second-order valence-electron chi connectivity index (χ2n) is 5.56. The number of carbonyl (C=O) groups is 1. The van der Waals surface area contributed by atoms with Crippen LogP contribution in [0.15, 0.2) is 42.5 Å². The Balaban J connectivity index is 2.07. The van der Waals surface area contributed by atoms with Crippen molar-refractivity contribution in [3.8, 4) is 0 Å².